The average molecular weight is 606 g/mol. The molecule has 1 N–H and O–H groups in total. The summed E-state index contributed by atoms with van der Waals surface area (Å²) < 4.78 is 30.3. The van der Waals surface area contributed by atoms with E-state index in [9.17, 15) is 14.7 Å². The Morgan fingerprint density at radius 1 is 1.21 bits per heavy atom. The molecule has 12 heteroatoms. The predicted molar refractivity (Wildman–Crippen MR) is 162 cm³/mol. The van der Waals surface area contributed by atoms with Gasteiger partial charge in [0.2, 0.25) is 8.41 Å². The van der Waals surface area contributed by atoms with Gasteiger partial charge in [-0.2, -0.15) is 0 Å². The normalized spacial score (nSPS) is 24.8. The summed E-state index contributed by atoms with van der Waals surface area (Å²) in [5.41, 5.74) is 1.24. The molecule has 43 heavy (non-hydrogen) atoms. The molecule has 226 valence electrons. The van der Waals surface area contributed by atoms with Gasteiger partial charge in [0.25, 0.3) is 11.8 Å². The number of anilines is 3. The molecule has 3 aromatic rings. The first-order valence-corrected chi connectivity index (χ1v) is 17.5. The number of para-hydroxylation sites is 2. The van der Waals surface area contributed by atoms with E-state index < -0.39 is 31.6 Å². The molecule has 0 saturated carbocycles. The summed E-state index contributed by atoms with van der Waals surface area (Å²) >= 11 is 0. The van der Waals surface area contributed by atoms with Crippen LogP contribution < -0.4 is 14.5 Å². The number of fused-ring (bicyclic) bond motifs is 3. The standard InChI is InChI=1S/C31H36FN5O5Si/c1-5-14-36-24-11-10-22(37-25-8-6-7-9-26(25)41-19-28(37)39)17-23(24)31(30(36)40)20(2)29(43(3,4)32)27(42-31)12-15-35-18-21(13-16-38)33-34-35/h5-11,17-18,20,27,29,38H,1,12-16,19H2,2-4H3/t20-,27+,29-,31+/m1/s1. The number of hydrogen-bond acceptors (Lipinski definition) is 7. The third-order valence-corrected chi connectivity index (χ3v) is 11.3. The Labute approximate surface area is 250 Å². The van der Waals surface area contributed by atoms with Crippen molar-refractivity contribution in [3.05, 3.63) is 72.6 Å². The first kappa shape index (κ1) is 29.2. The van der Waals surface area contributed by atoms with Crippen molar-refractivity contribution in [3.63, 3.8) is 0 Å². The van der Waals surface area contributed by atoms with Gasteiger partial charge in [0.05, 0.1) is 23.2 Å². The van der Waals surface area contributed by atoms with Crippen LogP contribution in [0.5, 0.6) is 5.75 Å². The summed E-state index contributed by atoms with van der Waals surface area (Å²) in [5, 5.41) is 17.5. The number of rotatable bonds is 9. The lowest BCUT2D eigenvalue weighted by Gasteiger charge is -2.32. The number of carbonyl (C=O) groups excluding carboxylic acids is 2. The highest BCUT2D eigenvalue weighted by atomic mass is 28.4. The van der Waals surface area contributed by atoms with Crippen molar-refractivity contribution >= 4 is 37.3 Å². The minimum absolute atomic E-state index is 0.0273. The predicted octanol–water partition coefficient (Wildman–Crippen LogP) is 4.27. The summed E-state index contributed by atoms with van der Waals surface area (Å²) in [6.45, 7) is 9.65. The monoisotopic (exact) mass is 605 g/mol. The van der Waals surface area contributed by atoms with Gasteiger partial charge in [-0.05, 0) is 49.8 Å². The van der Waals surface area contributed by atoms with Crippen molar-refractivity contribution in [2.24, 2.45) is 5.92 Å². The molecular formula is C31H36FN5O5Si. The second-order valence-corrected chi connectivity index (χ2v) is 15.7. The quantitative estimate of drug-likeness (QED) is 0.220. The minimum atomic E-state index is -3.36. The van der Waals surface area contributed by atoms with Crippen molar-refractivity contribution in [1.82, 2.24) is 15.0 Å². The Balaban J connectivity index is 1.42. The number of carbonyl (C=O) groups is 2. The van der Waals surface area contributed by atoms with Gasteiger partial charge in [0.15, 0.2) is 12.2 Å². The fraction of sp³-hybridized carbons (Fsp3) is 0.419. The van der Waals surface area contributed by atoms with Crippen LogP contribution in [0.25, 0.3) is 0 Å². The molecule has 1 aromatic heterocycles. The summed E-state index contributed by atoms with van der Waals surface area (Å²) in [6.07, 6.45) is 3.70. The van der Waals surface area contributed by atoms with Gasteiger partial charge >= 0.3 is 0 Å². The lowest BCUT2D eigenvalue weighted by molar-refractivity contribution is -0.145. The Morgan fingerprint density at radius 2 is 2.00 bits per heavy atom. The van der Waals surface area contributed by atoms with E-state index in [1.54, 1.807) is 39.8 Å². The number of aromatic nitrogens is 3. The molecule has 4 atom stereocenters. The molecule has 2 aromatic carbocycles. The fourth-order valence-electron chi connectivity index (χ4n) is 7.08. The van der Waals surface area contributed by atoms with Crippen molar-refractivity contribution in [2.45, 2.75) is 56.7 Å². The first-order chi connectivity index (χ1) is 20.6. The molecule has 1 saturated heterocycles. The zero-order valence-electron chi connectivity index (χ0n) is 24.6. The number of aliphatic hydroxyl groups is 1. The lowest BCUT2D eigenvalue weighted by atomic mass is 9.82. The van der Waals surface area contributed by atoms with Crippen molar-refractivity contribution in [2.75, 3.05) is 29.6 Å². The summed E-state index contributed by atoms with van der Waals surface area (Å²) in [6, 6.07) is 12.8. The fourth-order valence-corrected chi connectivity index (χ4v) is 9.62. The Kier molecular flexibility index (Phi) is 7.47. The Hall–Kier alpha value is -3.87. The van der Waals surface area contributed by atoms with Crippen LogP contribution in [-0.4, -0.2) is 66.2 Å². The van der Waals surface area contributed by atoms with E-state index >= 15 is 4.11 Å². The number of halogens is 1. The van der Waals surface area contributed by atoms with Gasteiger partial charge in [0.1, 0.15) is 5.75 Å². The Bertz CT molecular complexity index is 1570. The number of amides is 2. The van der Waals surface area contributed by atoms with E-state index in [1.807, 2.05) is 49.4 Å². The van der Waals surface area contributed by atoms with Crippen LogP contribution in [0, 0.1) is 5.92 Å². The van der Waals surface area contributed by atoms with E-state index in [0.717, 1.165) is 0 Å². The SMILES string of the molecule is C=CCN1C(=O)[C@@]2(O[C@@H](CCn3cc(CCO)nn3)[C@H]([Si](C)(C)F)[C@H]2C)c2cc(N3C(=O)COc4ccccc43)ccc21. The molecule has 6 rings (SSSR count). The smallest absolute Gasteiger partial charge is 0.269 e. The number of benzene rings is 2. The molecular weight excluding hydrogens is 569 g/mol. The van der Waals surface area contributed by atoms with Crippen LogP contribution in [0.3, 0.4) is 0 Å². The molecule has 1 fully saturated rings. The molecule has 4 heterocycles. The summed E-state index contributed by atoms with van der Waals surface area (Å²) in [5.74, 6) is -0.374. The van der Waals surface area contributed by atoms with Gasteiger partial charge in [-0.1, -0.05) is 30.3 Å². The van der Waals surface area contributed by atoms with Gasteiger partial charge in [-0.15, -0.1) is 11.7 Å². The van der Waals surface area contributed by atoms with Gasteiger partial charge in [-0.3, -0.25) is 19.2 Å². The maximum absolute atomic E-state index is 16.2. The van der Waals surface area contributed by atoms with Gasteiger partial charge in [-0.25, -0.2) is 0 Å². The molecule has 0 unspecified atom stereocenters. The minimum Gasteiger partial charge on any atom is -0.482 e. The second kappa shape index (κ2) is 11.0. The number of nitrogens with zero attached hydrogens (tertiary/aromatic N) is 5. The third-order valence-electron chi connectivity index (χ3n) is 8.82. The lowest BCUT2D eigenvalue weighted by Crippen LogP contribution is -2.45. The zero-order valence-corrected chi connectivity index (χ0v) is 25.6. The highest BCUT2D eigenvalue weighted by Gasteiger charge is 2.66. The number of hydrogen-bond donors (Lipinski definition) is 1. The molecule has 10 nitrogen and oxygen atoms in total. The zero-order chi connectivity index (χ0) is 30.5. The highest BCUT2D eigenvalue weighted by molar-refractivity contribution is 6.72. The van der Waals surface area contributed by atoms with Crippen molar-refractivity contribution in [3.8, 4) is 5.75 Å². The number of aliphatic hydroxyl groups excluding tert-OH is 1. The summed E-state index contributed by atoms with van der Waals surface area (Å²) in [4.78, 5) is 30.8. The van der Waals surface area contributed by atoms with Gasteiger partial charge < -0.3 is 23.6 Å². The molecule has 0 radical (unpaired) electrons. The van der Waals surface area contributed by atoms with Crippen LogP contribution in [0.4, 0.5) is 21.2 Å². The number of ether oxygens (including phenoxy) is 2. The van der Waals surface area contributed by atoms with E-state index in [0.29, 0.717) is 53.5 Å². The van der Waals surface area contributed by atoms with E-state index in [4.69, 9.17) is 9.47 Å². The van der Waals surface area contributed by atoms with E-state index in [1.165, 1.54) is 0 Å². The molecule has 3 aliphatic heterocycles. The van der Waals surface area contributed by atoms with E-state index in [2.05, 4.69) is 16.9 Å². The van der Waals surface area contributed by atoms with Crippen LogP contribution in [0.2, 0.25) is 18.6 Å². The summed E-state index contributed by atoms with van der Waals surface area (Å²) in [7, 11) is -3.36. The molecule has 3 aliphatic rings. The molecule has 2 amide bonds. The molecule has 0 bridgehead atoms. The second-order valence-electron chi connectivity index (χ2n) is 11.9. The molecule has 1 spiro atoms. The van der Waals surface area contributed by atoms with Crippen LogP contribution in [0.15, 0.2) is 61.3 Å². The largest absolute Gasteiger partial charge is 0.482 e. The van der Waals surface area contributed by atoms with Crippen LogP contribution in [-0.2, 0) is 32.9 Å². The molecule has 0 aliphatic carbocycles. The average Bonchev–Trinajstić information content (AvgIpc) is 3.62. The first-order valence-electron chi connectivity index (χ1n) is 14.6. The van der Waals surface area contributed by atoms with Gasteiger partial charge in [0, 0.05) is 55.0 Å². The maximum Gasteiger partial charge on any atom is 0.269 e. The topological polar surface area (TPSA) is 110 Å². The van der Waals surface area contributed by atoms with Crippen LogP contribution in [0.1, 0.15) is 24.6 Å². The highest BCUT2D eigenvalue weighted by Crippen LogP contribution is 2.60. The number of aryl methyl sites for hydroxylation is 1. The van der Waals surface area contributed by atoms with Crippen LogP contribution >= 0.6 is 0 Å². The van der Waals surface area contributed by atoms with E-state index in [-0.39, 0.29) is 31.6 Å². The maximum atomic E-state index is 16.2. The third kappa shape index (κ3) is 4.77. The van der Waals surface area contributed by atoms with Crippen molar-refractivity contribution < 1.29 is 28.3 Å². The Morgan fingerprint density at radius 3 is 2.74 bits per heavy atom. The van der Waals surface area contributed by atoms with Crippen molar-refractivity contribution in [1.29, 1.82) is 0 Å².